The quantitative estimate of drug-likeness (QED) is 0.510. The molecule has 0 saturated heterocycles. The highest BCUT2D eigenvalue weighted by atomic mass is 32.1. The largest absolute Gasteiger partial charge is 0.508 e. The van der Waals surface area contributed by atoms with Gasteiger partial charge in [0, 0.05) is 15.8 Å². The first-order valence-electron chi connectivity index (χ1n) is 6.07. The Bertz CT molecular complexity index is 712. The van der Waals surface area contributed by atoms with Crippen LogP contribution in [0.2, 0.25) is 0 Å². The lowest BCUT2D eigenvalue weighted by Crippen LogP contribution is -2.22. The maximum atomic E-state index is 11.9. The van der Waals surface area contributed by atoms with Crippen LogP contribution in [0, 0.1) is 11.8 Å². The fourth-order valence-corrected chi connectivity index (χ4v) is 2.40. The van der Waals surface area contributed by atoms with E-state index >= 15 is 0 Å². The maximum absolute atomic E-state index is 11.9. The summed E-state index contributed by atoms with van der Waals surface area (Å²) in [5.41, 5.74) is 0.797. The molecule has 0 bridgehead atoms. The number of hydrogen-bond donors (Lipinski definition) is 4. The molecule has 0 aliphatic carbocycles. The fraction of sp³-hybridized carbons (Fsp3) is 0.133. The van der Waals surface area contributed by atoms with Gasteiger partial charge in [0.15, 0.2) is 0 Å². The van der Waals surface area contributed by atoms with E-state index in [0.29, 0.717) is 6.54 Å². The van der Waals surface area contributed by atoms with Gasteiger partial charge in [-0.2, -0.15) is 0 Å². The van der Waals surface area contributed by atoms with Crippen LogP contribution in [0.4, 0.5) is 0 Å². The summed E-state index contributed by atoms with van der Waals surface area (Å²) >= 11 is 1.43. The highest BCUT2D eigenvalue weighted by molar-refractivity contribution is 7.10. The summed E-state index contributed by atoms with van der Waals surface area (Å²) in [4.78, 5) is 12.8. The van der Waals surface area contributed by atoms with Gasteiger partial charge in [0.05, 0.1) is 12.1 Å². The van der Waals surface area contributed by atoms with Crippen molar-refractivity contribution in [1.29, 1.82) is 0 Å². The Morgan fingerprint density at radius 2 is 2.10 bits per heavy atom. The van der Waals surface area contributed by atoms with Gasteiger partial charge in [0.2, 0.25) is 0 Å². The standard InChI is InChI=1S/C15H13NO4S/c17-5-1-2-10-6-12(21-9-10)8-16-15(20)13-7-11(18)3-4-14(13)19/h3-4,6-7,9,17-19H,5,8H2,(H,16,20). The van der Waals surface area contributed by atoms with E-state index in [1.54, 1.807) is 0 Å². The Balaban J connectivity index is 2.01. The lowest BCUT2D eigenvalue weighted by molar-refractivity contribution is 0.0948. The molecule has 0 spiro atoms. The molecule has 1 heterocycles. The molecule has 1 amide bonds. The van der Waals surface area contributed by atoms with E-state index in [0.717, 1.165) is 10.4 Å². The predicted octanol–water partition coefficient (Wildman–Crippen LogP) is 1.43. The minimum Gasteiger partial charge on any atom is -0.508 e. The second kappa shape index (κ2) is 6.79. The van der Waals surface area contributed by atoms with E-state index in [2.05, 4.69) is 17.2 Å². The highest BCUT2D eigenvalue weighted by Crippen LogP contribution is 2.22. The topological polar surface area (TPSA) is 89.8 Å². The van der Waals surface area contributed by atoms with Gasteiger partial charge in [0.1, 0.15) is 18.1 Å². The van der Waals surface area contributed by atoms with Crippen LogP contribution in [0.1, 0.15) is 20.8 Å². The van der Waals surface area contributed by atoms with Crippen LogP contribution >= 0.6 is 11.3 Å². The van der Waals surface area contributed by atoms with Crippen LogP contribution in [-0.2, 0) is 6.54 Å². The molecule has 0 aliphatic heterocycles. The van der Waals surface area contributed by atoms with Crippen LogP contribution in [0.15, 0.2) is 29.6 Å². The monoisotopic (exact) mass is 303 g/mol. The Hall–Kier alpha value is -2.49. The zero-order valence-electron chi connectivity index (χ0n) is 11.0. The number of aromatic hydroxyl groups is 2. The molecule has 0 unspecified atom stereocenters. The van der Waals surface area contributed by atoms with Crippen molar-refractivity contribution >= 4 is 17.2 Å². The molecule has 1 aromatic carbocycles. The summed E-state index contributed by atoms with van der Waals surface area (Å²) in [6.07, 6.45) is 0. The van der Waals surface area contributed by atoms with Gasteiger partial charge in [-0.1, -0.05) is 11.8 Å². The van der Waals surface area contributed by atoms with Crippen molar-refractivity contribution in [3.63, 3.8) is 0 Å². The molecule has 6 heteroatoms. The van der Waals surface area contributed by atoms with Crippen LogP contribution in [0.5, 0.6) is 11.5 Å². The van der Waals surface area contributed by atoms with Gasteiger partial charge in [-0.05, 0) is 24.3 Å². The molecule has 2 aromatic rings. The summed E-state index contributed by atoms with van der Waals surface area (Å²) in [5, 5.41) is 32.0. The average Bonchev–Trinajstić information content (AvgIpc) is 2.93. The van der Waals surface area contributed by atoms with Crippen LogP contribution in [0.3, 0.4) is 0 Å². The first-order chi connectivity index (χ1) is 10.1. The molecular formula is C15H13NO4S. The molecule has 0 radical (unpaired) electrons. The summed E-state index contributed by atoms with van der Waals surface area (Å²) in [6.45, 7) is 0.0953. The number of carbonyl (C=O) groups is 1. The van der Waals surface area contributed by atoms with Gasteiger partial charge < -0.3 is 20.6 Å². The maximum Gasteiger partial charge on any atom is 0.255 e. The first kappa shape index (κ1) is 14.9. The van der Waals surface area contributed by atoms with Gasteiger partial charge >= 0.3 is 0 Å². The molecule has 5 nitrogen and oxygen atoms in total. The van der Waals surface area contributed by atoms with Crippen LogP contribution < -0.4 is 5.32 Å². The smallest absolute Gasteiger partial charge is 0.255 e. The summed E-state index contributed by atoms with van der Waals surface area (Å²) in [5.74, 6) is 4.57. The van der Waals surface area contributed by atoms with Gasteiger partial charge in [-0.15, -0.1) is 11.3 Å². The van der Waals surface area contributed by atoms with E-state index < -0.39 is 5.91 Å². The lowest BCUT2D eigenvalue weighted by atomic mass is 10.1. The fourth-order valence-electron chi connectivity index (χ4n) is 1.65. The number of benzene rings is 1. The van der Waals surface area contributed by atoms with Crippen LogP contribution in [0.25, 0.3) is 0 Å². The third kappa shape index (κ3) is 3.99. The second-order valence-corrected chi connectivity index (χ2v) is 5.14. The molecule has 0 fully saturated rings. The number of amides is 1. The predicted molar refractivity (Wildman–Crippen MR) is 79.2 cm³/mol. The lowest BCUT2D eigenvalue weighted by Gasteiger charge is -2.06. The van der Waals surface area contributed by atoms with Gasteiger partial charge in [-0.25, -0.2) is 0 Å². The van der Waals surface area contributed by atoms with Gasteiger partial charge in [0.25, 0.3) is 5.91 Å². The molecule has 2 rings (SSSR count). The number of phenolic OH excluding ortho intramolecular Hbond substituents is 2. The molecule has 21 heavy (non-hydrogen) atoms. The highest BCUT2D eigenvalue weighted by Gasteiger charge is 2.12. The number of rotatable bonds is 3. The number of nitrogens with one attached hydrogen (secondary N) is 1. The van der Waals surface area contributed by atoms with Crippen molar-refractivity contribution in [3.8, 4) is 23.3 Å². The zero-order valence-corrected chi connectivity index (χ0v) is 11.8. The minimum absolute atomic E-state index is 0.0202. The number of aliphatic hydroxyl groups is 1. The molecule has 0 atom stereocenters. The third-order valence-electron chi connectivity index (χ3n) is 2.61. The third-order valence-corrected chi connectivity index (χ3v) is 3.55. The SMILES string of the molecule is O=C(NCc1cc(C#CCO)cs1)c1cc(O)ccc1O. The Kier molecular flexibility index (Phi) is 4.82. The first-order valence-corrected chi connectivity index (χ1v) is 6.95. The molecular weight excluding hydrogens is 290 g/mol. The second-order valence-electron chi connectivity index (χ2n) is 4.15. The number of carbonyl (C=O) groups excluding carboxylic acids is 1. The van der Waals surface area contributed by atoms with Crippen molar-refractivity contribution in [3.05, 3.63) is 45.6 Å². The zero-order chi connectivity index (χ0) is 15.2. The van der Waals surface area contributed by atoms with E-state index in [9.17, 15) is 15.0 Å². The van der Waals surface area contributed by atoms with Crippen LogP contribution in [-0.4, -0.2) is 27.8 Å². The van der Waals surface area contributed by atoms with Gasteiger partial charge in [-0.3, -0.25) is 4.79 Å². The van der Waals surface area contributed by atoms with Crippen molar-refractivity contribution in [1.82, 2.24) is 5.32 Å². The molecule has 108 valence electrons. The number of phenols is 2. The minimum atomic E-state index is -0.472. The number of hydrogen-bond acceptors (Lipinski definition) is 5. The van der Waals surface area contributed by atoms with E-state index in [1.165, 1.54) is 29.5 Å². The summed E-state index contributed by atoms with van der Waals surface area (Å²) in [6, 6.07) is 5.59. The number of aliphatic hydroxyl groups excluding tert-OH is 1. The van der Waals surface area contributed by atoms with E-state index in [-0.39, 0.29) is 23.7 Å². The molecule has 4 N–H and O–H groups in total. The van der Waals surface area contributed by atoms with Crippen molar-refractivity contribution in [2.24, 2.45) is 0 Å². The molecule has 1 aromatic heterocycles. The van der Waals surface area contributed by atoms with Crippen molar-refractivity contribution in [2.75, 3.05) is 6.61 Å². The van der Waals surface area contributed by atoms with Crippen molar-refractivity contribution in [2.45, 2.75) is 6.54 Å². The molecule has 0 aliphatic rings. The summed E-state index contributed by atoms with van der Waals surface area (Å²) in [7, 11) is 0. The number of thiophene rings is 1. The Morgan fingerprint density at radius 1 is 1.29 bits per heavy atom. The van der Waals surface area contributed by atoms with Crippen molar-refractivity contribution < 1.29 is 20.1 Å². The Labute approximate surface area is 125 Å². The van der Waals surface area contributed by atoms with E-state index in [4.69, 9.17) is 5.11 Å². The Morgan fingerprint density at radius 3 is 2.86 bits per heavy atom. The summed E-state index contributed by atoms with van der Waals surface area (Å²) < 4.78 is 0. The normalized spacial score (nSPS) is 9.76. The van der Waals surface area contributed by atoms with E-state index in [1.807, 2.05) is 11.4 Å². The average molecular weight is 303 g/mol. The molecule has 0 saturated carbocycles.